The van der Waals surface area contributed by atoms with E-state index in [4.69, 9.17) is 9.72 Å². The van der Waals surface area contributed by atoms with Gasteiger partial charge in [0.25, 0.3) is 0 Å². The molecule has 0 saturated heterocycles. The van der Waals surface area contributed by atoms with Gasteiger partial charge in [-0.2, -0.15) is 0 Å². The second-order valence-electron chi connectivity index (χ2n) is 6.83. The number of rotatable bonds is 8. The maximum absolute atomic E-state index is 13.1. The lowest BCUT2D eigenvalue weighted by molar-refractivity contribution is 0.0988. The zero-order valence-corrected chi connectivity index (χ0v) is 17.6. The molecule has 2 aromatic heterocycles. The normalized spacial score (nSPS) is 12.5. The first-order valence-corrected chi connectivity index (χ1v) is 10.1. The number of imidazole rings is 1. The number of hydrogen-bond donors (Lipinski definition) is 1. The van der Waals surface area contributed by atoms with E-state index in [1.807, 2.05) is 45.0 Å². The molecule has 0 aliphatic carbocycles. The largest absolute Gasteiger partial charge is 0.383 e. The van der Waals surface area contributed by atoms with Crippen LogP contribution in [0.4, 0.5) is 0 Å². The summed E-state index contributed by atoms with van der Waals surface area (Å²) in [5, 5.41) is 0.432. The van der Waals surface area contributed by atoms with Crippen LogP contribution in [0.2, 0.25) is 0 Å². The Hall–Kier alpha value is -2.38. The van der Waals surface area contributed by atoms with Crippen LogP contribution in [0, 0.1) is 13.8 Å². The summed E-state index contributed by atoms with van der Waals surface area (Å²) in [7, 11) is 1.67. The van der Waals surface area contributed by atoms with Gasteiger partial charge in [0.1, 0.15) is 0 Å². The number of para-hydroxylation sites is 2. The summed E-state index contributed by atoms with van der Waals surface area (Å²) in [6.45, 7) is 8.26. The van der Waals surface area contributed by atoms with Crippen LogP contribution >= 0.6 is 11.8 Å². The van der Waals surface area contributed by atoms with Crippen LogP contribution in [0.1, 0.15) is 46.0 Å². The van der Waals surface area contributed by atoms with Gasteiger partial charge in [-0.1, -0.05) is 23.9 Å². The number of nitrogens with zero attached hydrogens (tertiary/aromatic N) is 2. The number of methoxy groups -OCH3 is 1. The minimum absolute atomic E-state index is 0.0352. The maximum Gasteiger partial charge on any atom is 0.192 e. The predicted molar refractivity (Wildman–Crippen MR) is 112 cm³/mol. The molecule has 0 unspecified atom stereocenters. The van der Waals surface area contributed by atoms with Crippen LogP contribution in [-0.2, 0) is 11.3 Å². The molecule has 7 heteroatoms. The van der Waals surface area contributed by atoms with Gasteiger partial charge in [-0.25, -0.2) is 4.98 Å². The van der Waals surface area contributed by atoms with E-state index in [-0.39, 0.29) is 16.8 Å². The Morgan fingerprint density at radius 2 is 2.00 bits per heavy atom. The topological polar surface area (TPSA) is 77.0 Å². The number of H-pyrrole nitrogens is 1. The molecule has 1 atom stereocenters. The number of aryl methyl sites for hydroxylation is 1. The molecule has 0 spiro atoms. The van der Waals surface area contributed by atoms with Crippen LogP contribution in [0.3, 0.4) is 0 Å². The first kappa shape index (κ1) is 20.4. The number of carbonyl (C=O) groups is 2. The molecule has 0 amide bonds. The Morgan fingerprint density at radius 1 is 1.29 bits per heavy atom. The molecule has 2 heterocycles. The first-order chi connectivity index (χ1) is 13.3. The van der Waals surface area contributed by atoms with Crippen LogP contribution in [0.25, 0.3) is 11.0 Å². The zero-order valence-electron chi connectivity index (χ0n) is 16.8. The number of carbonyl (C=O) groups excluding carboxylic acids is 2. The van der Waals surface area contributed by atoms with E-state index in [1.165, 1.54) is 18.7 Å². The highest BCUT2D eigenvalue weighted by Gasteiger charge is 2.26. The predicted octanol–water partition coefficient (Wildman–Crippen LogP) is 4.19. The highest BCUT2D eigenvalue weighted by atomic mass is 32.2. The molecule has 0 saturated carbocycles. The van der Waals surface area contributed by atoms with Crippen molar-refractivity contribution in [3.05, 3.63) is 46.8 Å². The van der Waals surface area contributed by atoms with Gasteiger partial charge in [0.2, 0.25) is 0 Å². The van der Waals surface area contributed by atoms with Crippen molar-refractivity contribution in [2.75, 3.05) is 13.7 Å². The fourth-order valence-electron chi connectivity index (χ4n) is 3.48. The van der Waals surface area contributed by atoms with Gasteiger partial charge in [0.15, 0.2) is 16.7 Å². The van der Waals surface area contributed by atoms with E-state index in [0.29, 0.717) is 24.4 Å². The lowest BCUT2D eigenvalue weighted by Crippen LogP contribution is -2.17. The monoisotopic (exact) mass is 399 g/mol. The van der Waals surface area contributed by atoms with Gasteiger partial charge in [0, 0.05) is 24.9 Å². The Kier molecular flexibility index (Phi) is 6.05. The van der Waals surface area contributed by atoms with E-state index in [1.54, 1.807) is 7.11 Å². The minimum Gasteiger partial charge on any atom is -0.383 e. The quantitative estimate of drug-likeness (QED) is 0.454. The van der Waals surface area contributed by atoms with Crippen molar-refractivity contribution < 1.29 is 14.3 Å². The molecule has 6 nitrogen and oxygen atoms in total. The molecule has 1 aromatic carbocycles. The second-order valence-corrected chi connectivity index (χ2v) is 8.14. The third-order valence-corrected chi connectivity index (χ3v) is 5.92. The van der Waals surface area contributed by atoms with Crippen LogP contribution in [0.5, 0.6) is 0 Å². The van der Waals surface area contributed by atoms with Gasteiger partial charge >= 0.3 is 0 Å². The number of hydrogen-bond acceptors (Lipinski definition) is 5. The lowest BCUT2D eigenvalue weighted by Gasteiger charge is -2.12. The summed E-state index contributed by atoms with van der Waals surface area (Å²) in [6, 6.07) is 7.91. The lowest BCUT2D eigenvalue weighted by atomic mass is 10.0. The third-order valence-electron chi connectivity index (χ3n) is 4.83. The molecule has 148 valence electrons. The third kappa shape index (κ3) is 3.77. The fraction of sp³-hybridized carbons (Fsp3) is 0.381. The molecule has 0 aliphatic heterocycles. The van der Waals surface area contributed by atoms with Crippen molar-refractivity contribution in [1.29, 1.82) is 0 Å². The number of ether oxygens (including phenoxy) is 1. The van der Waals surface area contributed by atoms with Crippen molar-refractivity contribution >= 4 is 34.4 Å². The molecule has 0 bridgehead atoms. The van der Waals surface area contributed by atoms with Crippen molar-refractivity contribution in [3.8, 4) is 0 Å². The highest BCUT2D eigenvalue weighted by Crippen LogP contribution is 2.30. The van der Waals surface area contributed by atoms with Crippen molar-refractivity contribution in [1.82, 2.24) is 14.5 Å². The maximum atomic E-state index is 13.1. The summed E-state index contributed by atoms with van der Waals surface area (Å²) in [5.41, 5.74) is 4.47. The standard InChI is InChI=1S/C21H25N3O3S/c1-12-18(14(3)25)13(2)22-19(12)20(26)15(4)28-21-23-16-8-6-7-9-17(16)24(21)10-11-27-5/h6-9,15,22H,10-11H2,1-5H3/t15-/m1/s1. The van der Waals surface area contributed by atoms with Gasteiger partial charge in [-0.05, 0) is 45.4 Å². The van der Waals surface area contributed by atoms with E-state index in [9.17, 15) is 9.59 Å². The van der Waals surface area contributed by atoms with Gasteiger partial charge in [-0.15, -0.1) is 0 Å². The van der Waals surface area contributed by atoms with Gasteiger partial charge < -0.3 is 14.3 Å². The smallest absolute Gasteiger partial charge is 0.192 e. The molecule has 0 aliphatic rings. The van der Waals surface area contributed by atoms with Crippen molar-refractivity contribution in [2.24, 2.45) is 0 Å². The second kappa shape index (κ2) is 8.32. The number of benzene rings is 1. The average Bonchev–Trinajstić information content (AvgIpc) is 3.15. The molecular formula is C21H25N3O3S. The molecule has 0 fully saturated rings. The van der Waals surface area contributed by atoms with Crippen LogP contribution in [-0.4, -0.2) is 45.1 Å². The SMILES string of the molecule is COCCn1c(S[C@H](C)C(=O)c2[nH]c(C)c(C(C)=O)c2C)nc2ccccc21. The van der Waals surface area contributed by atoms with E-state index >= 15 is 0 Å². The first-order valence-electron chi connectivity index (χ1n) is 9.20. The average molecular weight is 400 g/mol. The minimum atomic E-state index is -0.352. The molecule has 3 rings (SSSR count). The summed E-state index contributed by atoms with van der Waals surface area (Å²) in [4.78, 5) is 32.8. The zero-order chi connectivity index (χ0) is 20.4. The number of aromatic amines is 1. The van der Waals surface area contributed by atoms with Crippen LogP contribution in [0.15, 0.2) is 29.4 Å². The van der Waals surface area contributed by atoms with Crippen molar-refractivity contribution in [2.45, 2.75) is 44.6 Å². The Morgan fingerprint density at radius 3 is 2.64 bits per heavy atom. The number of nitrogens with one attached hydrogen (secondary N) is 1. The Labute approximate surface area is 168 Å². The number of thioether (sulfide) groups is 1. The van der Waals surface area contributed by atoms with Gasteiger partial charge in [0.05, 0.1) is 28.6 Å². The summed E-state index contributed by atoms with van der Waals surface area (Å²) < 4.78 is 7.32. The van der Waals surface area contributed by atoms with Crippen molar-refractivity contribution in [3.63, 3.8) is 0 Å². The van der Waals surface area contributed by atoms with E-state index < -0.39 is 0 Å². The van der Waals surface area contributed by atoms with Crippen LogP contribution < -0.4 is 0 Å². The number of fused-ring (bicyclic) bond motifs is 1. The highest BCUT2D eigenvalue weighted by molar-refractivity contribution is 8.00. The van der Waals surface area contributed by atoms with Gasteiger partial charge in [-0.3, -0.25) is 9.59 Å². The number of aromatic nitrogens is 3. The molecule has 28 heavy (non-hydrogen) atoms. The fourth-order valence-corrected chi connectivity index (χ4v) is 4.49. The molecule has 1 N–H and O–H groups in total. The molecule has 3 aromatic rings. The molecular weight excluding hydrogens is 374 g/mol. The summed E-state index contributed by atoms with van der Waals surface area (Å²) >= 11 is 1.42. The molecule has 0 radical (unpaired) electrons. The van der Waals surface area contributed by atoms with E-state index in [2.05, 4.69) is 9.55 Å². The summed E-state index contributed by atoms with van der Waals surface area (Å²) in [6.07, 6.45) is 0. The summed E-state index contributed by atoms with van der Waals surface area (Å²) in [5.74, 6) is -0.0737. The number of ketones is 2. The van der Waals surface area contributed by atoms with E-state index in [0.717, 1.165) is 27.4 Å². The number of Topliss-reactive ketones (excluding diaryl/α,β-unsaturated/α-hetero) is 2. The Balaban J connectivity index is 1.91. The Bertz CT molecular complexity index is 1040.